The van der Waals surface area contributed by atoms with E-state index in [1.807, 2.05) is 0 Å². The number of alkyl halides is 3. The predicted molar refractivity (Wildman–Crippen MR) is 30.5 cm³/mol. The fraction of sp³-hybridized carbons (Fsp3) is 0.600. The summed E-state index contributed by atoms with van der Waals surface area (Å²) in [5.41, 5.74) is 1.43. The first kappa shape index (κ1) is 8.82. The van der Waals surface area contributed by atoms with Gasteiger partial charge in [0, 0.05) is 6.42 Å². The molecule has 1 fully saturated rings. The van der Waals surface area contributed by atoms with Crippen molar-refractivity contribution < 1.29 is 22.8 Å². The van der Waals surface area contributed by atoms with Crippen LogP contribution in [0.25, 0.3) is 0 Å². The average Bonchev–Trinajstić information content (AvgIpc) is 1.95. The van der Waals surface area contributed by atoms with Crippen molar-refractivity contribution in [3.05, 3.63) is 0 Å². The first-order chi connectivity index (χ1) is 5.41. The van der Waals surface area contributed by atoms with Gasteiger partial charge in [-0.3, -0.25) is 20.0 Å². The van der Waals surface area contributed by atoms with E-state index < -0.39 is 18.0 Å². The van der Waals surface area contributed by atoms with Gasteiger partial charge in [0.15, 0.2) is 0 Å². The predicted octanol–water partition coefficient (Wildman–Crippen LogP) is -0.188. The average molecular weight is 182 g/mol. The Kier molecular flexibility index (Phi) is 1.95. The largest absolute Gasteiger partial charge is 0.472 e. The molecule has 0 aromatic rings. The molecule has 1 heterocycles. The van der Waals surface area contributed by atoms with E-state index in [0.29, 0.717) is 5.01 Å². The van der Waals surface area contributed by atoms with Crippen molar-refractivity contribution >= 4 is 11.8 Å². The van der Waals surface area contributed by atoms with Crippen LogP contribution in [0, 0.1) is 0 Å². The van der Waals surface area contributed by atoms with Gasteiger partial charge >= 0.3 is 12.1 Å². The minimum absolute atomic E-state index is 0.140. The van der Waals surface area contributed by atoms with Gasteiger partial charge in [0.25, 0.3) is 0 Å². The number of amides is 2. The summed E-state index contributed by atoms with van der Waals surface area (Å²) in [6.07, 6.45) is -4.76. The highest BCUT2D eigenvalue weighted by Crippen LogP contribution is 2.15. The van der Waals surface area contributed by atoms with Crippen LogP contribution < -0.4 is 5.43 Å². The monoisotopic (exact) mass is 182 g/mol. The van der Waals surface area contributed by atoms with Gasteiger partial charge in [-0.2, -0.15) is 13.2 Å². The SMILES string of the molecule is O=C1CCN1NC(=O)C(F)(F)F. The van der Waals surface area contributed by atoms with Crippen LogP contribution in [0.15, 0.2) is 0 Å². The zero-order valence-electron chi connectivity index (χ0n) is 5.81. The van der Waals surface area contributed by atoms with Crippen molar-refractivity contribution in [1.82, 2.24) is 10.4 Å². The number of hydrogen-bond donors (Lipinski definition) is 1. The second-order valence-electron chi connectivity index (χ2n) is 2.23. The van der Waals surface area contributed by atoms with E-state index in [2.05, 4.69) is 0 Å². The second kappa shape index (κ2) is 2.65. The minimum atomic E-state index is -4.93. The van der Waals surface area contributed by atoms with Crippen molar-refractivity contribution in [3.63, 3.8) is 0 Å². The second-order valence-corrected chi connectivity index (χ2v) is 2.23. The Hall–Kier alpha value is -1.27. The van der Waals surface area contributed by atoms with Crippen LogP contribution in [-0.4, -0.2) is 29.5 Å². The lowest BCUT2D eigenvalue weighted by Gasteiger charge is -2.30. The van der Waals surface area contributed by atoms with Crippen LogP contribution in [0.3, 0.4) is 0 Å². The Bertz CT molecular complexity index is 225. The number of β-lactam (4-membered cyclic amide) rings is 1. The molecular weight excluding hydrogens is 177 g/mol. The third kappa shape index (κ3) is 1.66. The molecule has 0 radical (unpaired) electrons. The van der Waals surface area contributed by atoms with Crippen molar-refractivity contribution in [2.45, 2.75) is 12.6 Å². The summed E-state index contributed by atoms with van der Waals surface area (Å²) in [6.45, 7) is 0.140. The van der Waals surface area contributed by atoms with Gasteiger partial charge in [-0.05, 0) is 0 Å². The fourth-order valence-electron chi connectivity index (χ4n) is 0.619. The third-order valence-electron chi connectivity index (χ3n) is 1.34. The van der Waals surface area contributed by atoms with Crippen LogP contribution in [0.1, 0.15) is 6.42 Å². The first-order valence-corrected chi connectivity index (χ1v) is 3.09. The highest BCUT2D eigenvalue weighted by atomic mass is 19.4. The molecule has 0 atom stereocenters. The molecule has 7 heteroatoms. The molecule has 0 saturated carbocycles. The molecule has 0 aromatic carbocycles. The molecule has 0 spiro atoms. The van der Waals surface area contributed by atoms with E-state index in [-0.39, 0.29) is 13.0 Å². The van der Waals surface area contributed by atoms with Gasteiger partial charge in [0.2, 0.25) is 5.91 Å². The molecule has 12 heavy (non-hydrogen) atoms. The smallest absolute Gasteiger partial charge is 0.273 e. The zero-order chi connectivity index (χ0) is 9.35. The Morgan fingerprint density at radius 3 is 2.33 bits per heavy atom. The number of rotatable bonds is 1. The van der Waals surface area contributed by atoms with E-state index >= 15 is 0 Å². The summed E-state index contributed by atoms with van der Waals surface area (Å²) in [7, 11) is 0. The van der Waals surface area contributed by atoms with Gasteiger partial charge < -0.3 is 0 Å². The fourth-order valence-corrected chi connectivity index (χ4v) is 0.619. The Balaban J connectivity index is 2.42. The van der Waals surface area contributed by atoms with Crippen LogP contribution in [0.4, 0.5) is 13.2 Å². The summed E-state index contributed by atoms with van der Waals surface area (Å²) >= 11 is 0. The molecular formula is C5H5F3N2O2. The summed E-state index contributed by atoms with van der Waals surface area (Å²) < 4.78 is 34.6. The lowest BCUT2D eigenvalue weighted by molar-refractivity contribution is -0.182. The lowest BCUT2D eigenvalue weighted by Crippen LogP contribution is -2.57. The molecule has 1 aliphatic heterocycles. The number of hydrazine groups is 1. The van der Waals surface area contributed by atoms with Gasteiger partial charge in [-0.25, -0.2) is 0 Å². The number of nitrogens with zero attached hydrogens (tertiary/aromatic N) is 1. The standard InChI is InChI=1S/C5H5F3N2O2/c6-5(7,8)4(12)9-10-2-1-3(10)11/h1-2H2,(H,9,12). The minimum Gasteiger partial charge on any atom is -0.273 e. The maximum absolute atomic E-state index is 11.5. The highest BCUT2D eigenvalue weighted by Gasteiger charge is 2.41. The molecule has 0 bridgehead atoms. The molecule has 1 N–H and O–H groups in total. The number of nitrogens with one attached hydrogen (secondary N) is 1. The van der Waals surface area contributed by atoms with Crippen molar-refractivity contribution in [3.8, 4) is 0 Å². The summed E-state index contributed by atoms with van der Waals surface area (Å²) in [5, 5.41) is 0.635. The maximum atomic E-state index is 11.5. The Morgan fingerprint density at radius 2 is 2.08 bits per heavy atom. The number of carbonyl (C=O) groups is 2. The van der Waals surface area contributed by atoms with Crippen LogP contribution in [-0.2, 0) is 9.59 Å². The van der Waals surface area contributed by atoms with Crippen LogP contribution in [0.5, 0.6) is 0 Å². The van der Waals surface area contributed by atoms with E-state index in [1.54, 1.807) is 0 Å². The topological polar surface area (TPSA) is 49.4 Å². The summed E-state index contributed by atoms with van der Waals surface area (Å²) in [5.74, 6) is -2.62. The Morgan fingerprint density at radius 1 is 1.50 bits per heavy atom. The number of hydrogen-bond acceptors (Lipinski definition) is 2. The lowest BCUT2D eigenvalue weighted by atomic mass is 10.2. The van der Waals surface area contributed by atoms with Gasteiger partial charge in [0.05, 0.1) is 6.54 Å². The van der Waals surface area contributed by atoms with E-state index in [1.165, 1.54) is 5.43 Å². The van der Waals surface area contributed by atoms with Gasteiger partial charge in [-0.15, -0.1) is 0 Å². The molecule has 4 nitrogen and oxygen atoms in total. The quantitative estimate of drug-likeness (QED) is 0.571. The molecule has 1 rings (SSSR count). The summed E-state index contributed by atoms with van der Waals surface area (Å²) in [4.78, 5) is 20.6. The Labute approximate surface area is 65.3 Å². The molecule has 68 valence electrons. The normalized spacial score (nSPS) is 17.2. The molecule has 1 saturated heterocycles. The van der Waals surface area contributed by atoms with Crippen molar-refractivity contribution in [2.75, 3.05) is 6.54 Å². The van der Waals surface area contributed by atoms with E-state index in [4.69, 9.17) is 0 Å². The van der Waals surface area contributed by atoms with Crippen LogP contribution in [0.2, 0.25) is 0 Å². The molecule has 0 aromatic heterocycles. The molecule has 2 amide bonds. The van der Waals surface area contributed by atoms with E-state index in [0.717, 1.165) is 0 Å². The maximum Gasteiger partial charge on any atom is 0.472 e. The number of carbonyl (C=O) groups excluding carboxylic acids is 2. The molecule has 0 aliphatic carbocycles. The van der Waals surface area contributed by atoms with Crippen LogP contribution >= 0.6 is 0 Å². The van der Waals surface area contributed by atoms with Crippen molar-refractivity contribution in [1.29, 1.82) is 0 Å². The summed E-state index contributed by atoms with van der Waals surface area (Å²) in [6, 6.07) is 0. The molecule has 1 aliphatic rings. The highest BCUT2D eigenvalue weighted by molar-refractivity contribution is 5.87. The van der Waals surface area contributed by atoms with Crippen molar-refractivity contribution in [2.24, 2.45) is 0 Å². The van der Waals surface area contributed by atoms with Gasteiger partial charge in [-0.1, -0.05) is 0 Å². The van der Waals surface area contributed by atoms with E-state index in [9.17, 15) is 22.8 Å². The van der Waals surface area contributed by atoms with Gasteiger partial charge in [0.1, 0.15) is 0 Å². The third-order valence-corrected chi connectivity index (χ3v) is 1.34. The zero-order valence-corrected chi connectivity index (χ0v) is 5.81. The number of halogens is 3. The first-order valence-electron chi connectivity index (χ1n) is 3.09. The molecule has 0 unspecified atom stereocenters.